The number of ether oxygens (including phenoxy) is 1. The molecule has 0 aliphatic heterocycles. The van der Waals surface area contributed by atoms with Crippen molar-refractivity contribution >= 4 is 29.9 Å². The molecule has 0 fully saturated rings. The van der Waals surface area contributed by atoms with E-state index in [0.29, 0.717) is 0 Å². The van der Waals surface area contributed by atoms with E-state index in [9.17, 15) is 4.79 Å². The molecular formula is C9H12O2S2. The Morgan fingerprint density at radius 3 is 2.85 bits per heavy atom. The van der Waals surface area contributed by atoms with Crippen LogP contribution in [0.4, 0.5) is 0 Å². The van der Waals surface area contributed by atoms with Gasteiger partial charge in [-0.3, -0.25) is 4.79 Å². The Kier molecular flexibility index (Phi) is 3.81. The predicted molar refractivity (Wildman–Crippen MR) is 57.2 cm³/mol. The van der Waals surface area contributed by atoms with Gasteiger partial charge in [0.2, 0.25) is 0 Å². The second-order valence-corrected chi connectivity index (χ2v) is 4.15. The average Bonchev–Trinajstić information content (AvgIpc) is 2.67. The van der Waals surface area contributed by atoms with Crippen LogP contribution in [0.1, 0.15) is 17.7 Å². The molecule has 0 aliphatic rings. The Hall–Kier alpha value is -0.480. The quantitative estimate of drug-likeness (QED) is 0.620. The van der Waals surface area contributed by atoms with Crippen LogP contribution < -0.4 is 0 Å². The lowest BCUT2D eigenvalue weighted by atomic mass is 10.0. The molecular weight excluding hydrogens is 204 g/mol. The first-order valence-corrected chi connectivity index (χ1v) is 5.40. The van der Waals surface area contributed by atoms with Gasteiger partial charge in [0.1, 0.15) is 0 Å². The fraction of sp³-hybridized carbons (Fsp3) is 0.444. The number of carbonyl (C=O) groups excluding carboxylic acids is 1. The zero-order valence-electron chi connectivity index (χ0n) is 7.56. The smallest absolute Gasteiger partial charge is 0.309 e. The summed E-state index contributed by atoms with van der Waals surface area (Å²) in [4.78, 5) is 11.2. The van der Waals surface area contributed by atoms with Gasteiger partial charge < -0.3 is 4.74 Å². The molecule has 1 aromatic rings. The van der Waals surface area contributed by atoms with Crippen LogP contribution in [-0.2, 0) is 9.53 Å². The van der Waals surface area contributed by atoms with Crippen molar-refractivity contribution in [2.45, 2.75) is 12.2 Å². The number of thiophene rings is 1. The monoisotopic (exact) mass is 216 g/mol. The zero-order chi connectivity index (χ0) is 9.84. The predicted octanol–water partition coefficient (Wildman–Crippen LogP) is 2.53. The Bertz CT molecular complexity index is 269. The summed E-state index contributed by atoms with van der Waals surface area (Å²) in [6, 6.07) is 1.97. The number of hydrogen-bond donors (Lipinski definition) is 1. The van der Waals surface area contributed by atoms with Crippen molar-refractivity contribution in [2.24, 2.45) is 5.92 Å². The van der Waals surface area contributed by atoms with Crippen LogP contribution in [0.15, 0.2) is 16.8 Å². The molecule has 1 heterocycles. The van der Waals surface area contributed by atoms with Gasteiger partial charge in [-0.25, -0.2) is 0 Å². The van der Waals surface area contributed by atoms with E-state index in [2.05, 4.69) is 17.4 Å². The maximum absolute atomic E-state index is 11.2. The first kappa shape index (κ1) is 10.6. The standard InChI is InChI=1S/C9H12O2S2/c1-6(9(10)11-2)8(12)7-3-4-13-5-7/h3-6,8,12H,1-2H3. The maximum Gasteiger partial charge on any atom is 0.309 e. The molecule has 0 aliphatic carbocycles. The van der Waals surface area contributed by atoms with Crippen molar-refractivity contribution in [2.75, 3.05) is 7.11 Å². The summed E-state index contributed by atoms with van der Waals surface area (Å²) in [5, 5.41) is 3.90. The second kappa shape index (κ2) is 4.67. The molecule has 72 valence electrons. The van der Waals surface area contributed by atoms with Crippen molar-refractivity contribution in [3.8, 4) is 0 Å². The van der Waals surface area contributed by atoms with Gasteiger partial charge in [-0.2, -0.15) is 24.0 Å². The van der Waals surface area contributed by atoms with Gasteiger partial charge in [0.25, 0.3) is 0 Å². The number of esters is 1. The Morgan fingerprint density at radius 1 is 1.69 bits per heavy atom. The lowest BCUT2D eigenvalue weighted by Crippen LogP contribution is -2.17. The Morgan fingerprint density at radius 2 is 2.38 bits per heavy atom. The second-order valence-electron chi connectivity index (χ2n) is 2.81. The summed E-state index contributed by atoms with van der Waals surface area (Å²) in [6.07, 6.45) is 0. The highest BCUT2D eigenvalue weighted by Gasteiger charge is 2.23. The summed E-state index contributed by atoms with van der Waals surface area (Å²) in [5.41, 5.74) is 1.08. The van der Waals surface area contributed by atoms with Crippen molar-refractivity contribution in [1.82, 2.24) is 0 Å². The summed E-state index contributed by atoms with van der Waals surface area (Å²) in [7, 11) is 1.40. The highest BCUT2D eigenvalue weighted by molar-refractivity contribution is 7.80. The van der Waals surface area contributed by atoms with Crippen molar-refractivity contribution < 1.29 is 9.53 Å². The minimum Gasteiger partial charge on any atom is -0.469 e. The molecule has 4 heteroatoms. The molecule has 0 radical (unpaired) electrons. The highest BCUT2D eigenvalue weighted by Crippen LogP contribution is 2.30. The zero-order valence-corrected chi connectivity index (χ0v) is 9.27. The molecule has 0 aromatic carbocycles. The average molecular weight is 216 g/mol. The van der Waals surface area contributed by atoms with Crippen LogP contribution in [0.2, 0.25) is 0 Å². The molecule has 1 aromatic heterocycles. The molecule has 1 rings (SSSR count). The van der Waals surface area contributed by atoms with Crippen LogP contribution in [0.5, 0.6) is 0 Å². The van der Waals surface area contributed by atoms with Gasteiger partial charge in [0, 0.05) is 5.25 Å². The molecule has 0 N–H and O–H groups in total. The maximum atomic E-state index is 11.2. The van der Waals surface area contributed by atoms with E-state index < -0.39 is 0 Å². The van der Waals surface area contributed by atoms with Crippen LogP contribution in [0.25, 0.3) is 0 Å². The molecule has 2 atom stereocenters. The number of rotatable bonds is 3. The third-order valence-electron chi connectivity index (χ3n) is 1.93. The van der Waals surface area contributed by atoms with Crippen LogP contribution in [0, 0.1) is 5.92 Å². The molecule has 13 heavy (non-hydrogen) atoms. The number of carbonyl (C=O) groups is 1. The largest absolute Gasteiger partial charge is 0.469 e. The fourth-order valence-corrected chi connectivity index (χ4v) is 2.13. The number of thiol groups is 1. The van der Waals surface area contributed by atoms with Gasteiger partial charge >= 0.3 is 5.97 Å². The molecule has 2 nitrogen and oxygen atoms in total. The van der Waals surface area contributed by atoms with E-state index in [1.54, 1.807) is 11.3 Å². The van der Waals surface area contributed by atoms with Gasteiger partial charge in [0.05, 0.1) is 13.0 Å². The van der Waals surface area contributed by atoms with Crippen LogP contribution >= 0.6 is 24.0 Å². The lowest BCUT2D eigenvalue weighted by molar-refractivity contribution is -0.144. The van der Waals surface area contributed by atoms with E-state index in [4.69, 9.17) is 0 Å². The normalized spacial score (nSPS) is 15.0. The van der Waals surface area contributed by atoms with E-state index >= 15 is 0 Å². The van der Waals surface area contributed by atoms with E-state index in [1.807, 2.05) is 23.8 Å². The first-order valence-electron chi connectivity index (χ1n) is 3.94. The molecule has 0 saturated heterocycles. The van der Waals surface area contributed by atoms with Crippen molar-refractivity contribution in [3.05, 3.63) is 22.4 Å². The molecule has 2 unspecified atom stereocenters. The van der Waals surface area contributed by atoms with Gasteiger partial charge in [0.15, 0.2) is 0 Å². The summed E-state index contributed by atoms with van der Waals surface area (Å²) >= 11 is 5.98. The van der Waals surface area contributed by atoms with Crippen molar-refractivity contribution in [1.29, 1.82) is 0 Å². The van der Waals surface area contributed by atoms with Crippen LogP contribution in [0.3, 0.4) is 0 Å². The van der Waals surface area contributed by atoms with Crippen LogP contribution in [-0.4, -0.2) is 13.1 Å². The molecule has 0 spiro atoms. The first-order chi connectivity index (χ1) is 6.16. The lowest BCUT2D eigenvalue weighted by Gasteiger charge is -2.15. The fourth-order valence-electron chi connectivity index (χ4n) is 1.05. The van der Waals surface area contributed by atoms with E-state index in [0.717, 1.165) is 5.56 Å². The van der Waals surface area contributed by atoms with Gasteiger partial charge in [-0.15, -0.1) is 0 Å². The minimum atomic E-state index is -0.216. The number of hydrogen-bond acceptors (Lipinski definition) is 4. The molecule has 0 saturated carbocycles. The summed E-state index contributed by atoms with van der Waals surface area (Å²) in [6.45, 7) is 1.82. The third-order valence-corrected chi connectivity index (χ3v) is 3.38. The highest BCUT2D eigenvalue weighted by atomic mass is 32.1. The van der Waals surface area contributed by atoms with Gasteiger partial charge in [-0.1, -0.05) is 6.92 Å². The topological polar surface area (TPSA) is 26.3 Å². The molecule has 0 amide bonds. The number of methoxy groups -OCH3 is 1. The van der Waals surface area contributed by atoms with Crippen molar-refractivity contribution in [3.63, 3.8) is 0 Å². The summed E-state index contributed by atoms with van der Waals surface area (Å²) in [5.74, 6) is -0.422. The van der Waals surface area contributed by atoms with E-state index in [1.165, 1.54) is 7.11 Å². The van der Waals surface area contributed by atoms with Gasteiger partial charge in [-0.05, 0) is 22.4 Å². The minimum absolute atomic E-state index is 0.0706. The summed E-state index contributed by atoms with van der Waals surface area (Å²) < 4.78 is 4.65. The Balaban J connectivity index is 2.68. The Labute approximate surface area is 87.3 Å². The molecule has 0 bridgehead atoms. The van der Waals surface area contributed by atoms with E-state index in [-0.39, 0.29) is 17.1 Å². The third kappa shape index (κ3) is 2.48. The SMILES string of the molecule is COC(=O)C(C)C(S)c1ccsc1.